The fourth-order valence-corrected chi connectivity index (χ4v) is 2.33. The number of benzene rings is 2. The highest BCUT2D eigenvalue weighted by Crippen LogP contribution is 2.27. The van der Waals surface area contributed by atoms with Gasteiger partial charge in [0, 0.05) is 5.69 Å². The fourth-order valence-electron chi connectivity index (χ4n) is 2.33. The van der Waals surface area contributed by atoms with Crippen molar-refractivity contribution >= 4 is 11.6 Å². The molecule has 0 spiro atoms. The summed E-state index contributed by atoms with van der Waals surface area (Å²) in [5, 5.41) is 2.88. The molecule has 2 atom stereocenters. The van der Waals surface area contributed by atoms with Crippen molar-refractivity contribution in [2.75, 3.05) is 12.4 Å². The van der Waals surface area contributed by atoms with Gasteiger partial charge in [0.05, 0.1) is 7.11 Å². The van der Waals surface area contributed by atoms with Crippen LogP contribution in [0.1, 0.15) is 38.7 Å². The lowest BCUT2D eigenvalue weighted by molar-refractivity contribution is -0.122. The zero-order valence-corrected chi connectivity index (χ0v) is 14.7. The molecule has 0 aliphatic carbocycles. The van der Waals surface area contributed by atoms with Gasteiger partial charge in [-0.3, -0.25) is 4.79 Å². The fraction of sp³-hybridized carbons (Fsp3) is 0.350. The van der Waals surface area contributed by atoms with Crippen LogP contribution in [0.2, 0.25) is 0 Å². The molecule has 24 heavy (non-hydrogen) atoms. The first-order valence-electron chi connectivity index (χ1n) is 8.25. The highest BCUT2D eigenvalue weighted by atomic mass is 16.5. The number of hydrogen-bond acceptors (Lipinski definition) is 3. The molecule has 1 N–H and O–H groups in total. The van der Waals surface area contributed by atoms with Gasteiger partial charge in [0.2, 0.25) is 0 Å². The van der Waals surface area contributed by atoms with Gasteiger partial charge < -0.3 is 14.8 Å². The van der Waals surface area contributed by atoms with Crippen LogP contribution >= 0.6 is 0 Å². The van der Waals surface area contributed by atoms with Crippen molar-refractivity contribution in [3.63, 3.8) is 0 Å². The predicted octanol–water partition coefficient (Wildman–Crippen LogP) is 4.61. The number of carbonyl (C=O) groups is 1. The summed E-state index contributed by atoms with van der Waals surface area (Å²) < 4.78 is 10.9. The van der Waals surface area contributed by atoms with Gasteiger partial charge in [-0.05, 0) is 49.1 Å². The summed E-state index contributed by atoms with van der Waals surface area (Å²) in [4.78, 5) is 12.3. The summed E-state index contributed by atoms with van der Waals surface area (Å²) in [5.74, 6) is 1.48. The molecule has 1 amide bonds. The van der Waals surface area contributed by atoms with Crippen molar-refractivity contribution < 1.29 is 14.3 Å². The molecule has 0 aliphatic rings. The number of hydrogen-bond donors (Lipinski definition) is 1. The zero-order valence-electron chi connectivity index (χ0n) is 14.7. The van der Waals surface area contributed by atoms with Gasteiger partial charge in [-0.2, -0.15) is 0 Å². The quantitative estimate of drug-likeness (QED) is 0.807. The van der Waals surface area contributed by atoms with Gasteiger partial charge in [0.25, 0.3) is 5.91 Å². The minimum atomic E-state index is -0.629. The number of amides is 1. The van der Waals surface area contributed by atoms with E-state index in [1.54, 1.807) is 26.2 Å². The smallest absolute Gasteiger partial charge is 0.265 e. The van der Waals surface area contributed by atoms with Gasteiger partial charge in [-0.15, -0.1) is 0 Å². The molecule has 0 radical (unpaired) electrons. The summed E-state index contributed by atoms with van der Waals surface area (Å²) in [6, 6.07) is 15.2. The van der Waals surface area contributed by atoms with E-state index >= 15 is 0 Å². The largest absolute Gasteiger partial charge is 0.493 e. The monoisotopic (exact) mass is 327 g/mol. The third-order valence-electron chi connectivity index (χ3n) is 4.10. The van der Waals surface area contributed by atoms with E-state index in [9.17, 15) is 4.79 Å². The average Bonchev–Trinajstić information content (AvgIpc) is 2.62. The normalized spacial score (nSPS) is 13.0. The van der Waals surface area contributed by atoms with Crippen LogP contribution in [-0.2, 0) is 4.79 Å². The molecule has 0 unspecified atom stereocenters. The van der Waals surface area contributed by atoms with Gasteiger partial charge in [-0.25, -0.2) is 0 Å². The Morgan fingerprint density at radius 3 is 2.25 bits per heavy atom. The Bertz CT molecular complexity index is 667. The van der Waals surface area contributed by atoms with Crippen molar-refractivity contribution in [1.29, 1.82) is 0 Å². The van der Waals surface area contributed by atoms with Crippen molar-refractivity contribution in [2.24, 2.45) is 0 Å². The number of rotatable bonds is 7. The maximum Gasteiger partial charge on any atom is 0.265 e. The van der Waals surface area contributed by atoms with Gasteiger partial charge >= 0.3 is 0 Å². The van der Waals surface area contributed by atoms with E-state index in [1.165, 1.54) is 5.56 Å². The third-order valence-corrected chi connectivity index (χ3v) is 4.10. The molecule has 128 valence electrons. The summed E-state index contributed by atoms with van der Waals surface area (Å²) >= 11 is 0. The molecule has 4 nitrogen and oxygen atoms in total. The van der Waals surface area contributed by atoms with Crippen LogP contribution in [0, 0.1) is 0 Å². The first-order valence-corrected chi connectivity index (χ1v) is 8.25. The first kappa shape index (κ1) is 17.9. The lowest BCUT2D eigenvalue weighted by Gasteiger charge is -2.17. The molecule has 2 rings (SSSR count). The Kier molecular flexibility index (Phi) is 6.24. The Morgan fingerprint density at radius 1 is 1.04 bits per heavy atom. The lowest BCUT2D eigenvalue weighted by atomic mass is 9.99. The van der Waals surface area contributed by atoms with Crippen molar-refractivity contribution in [3.8, 4) is 11.5 Å². The number of nitrogens with one attached hydrogen (secondary N) is 1. The number of methoxy groups -OCH3 is 1. The van der Waals surface area contributed by atoms with E-state index in [0.717, 1.165) is 12.1 Å². The van der Waals surface area contributed by atoms with Gasteiger partial charge in [0.1, 0.15) is 0 Å². The van der Waals surface area contributed by atoms with Gasteiger partial charge in [0.15, 0.2) is 17.6 Å². The molecule has 0 fully saturated rings. The molecule has 0 heterocycles. The van der Waals surface area contributed by atoms with E-state index < -0.39 is 6.10 Å². The molecule has 0 aliphatic heterocycles. The van der Waals surface area contributed by atoms with Crippen LogP contribution in [0.5, 0.6) is 11.5 Å². The highest BCUT2D eigenvalue weighted by molar-refractivity contribution is 5.94. The Hall–Kier alpha value is -2.49. The van der Waals surface area contributed by atoms with Crippen molar-refractivity contribution in [2.45, 2.75) is 39.2 Å². The Balaban J connectivity index is 1.98. The topological polar surface area (TPSA) is 47.6 Å². The Labute approximate surface area is 143 Å². The second-order valence-electron chi connectivity index (χ2n) is 5.83. The summed E-state index contributed by atoms with van der Waals surface area (Å²) in [6.07, 6.45) is 0.464. The second kappa shape index (κ2) is 8.39. The van der Waals surface area contributed by atoms with E-state index in [-0.39, 0.29) is 5.91 Å². The van der Waals surface area contributed by atoms with E-state index in [0.29, 0.717) is 17.4 Å². The van der Waals surface area contributed by atoms with Gasteiger partial charge in [-0.1, -0.05) is 38.1 Å². The molecule has 0 bridgehead atoms. The SMILES string of the molecule is CC[C@H](C)c1ccc(NC(=O)[C@@H](C)Oc2ccccc2OC)cc1. The zero-order chi connectivity index (χ0) is 17.5. The van der Waals surface area contributed by atoms with Crippen molar-refractivity contribution in [1.82, 2.24) is 0 Å². The molecule has 2 aromatic carbocycles. The minimum Gasteiger partial charge on any atom is -0.493 e. The first-order chi connectivity index (χ1) is 11.5. The lowest BCUT2D eigenvalue weighted by Crippen LogP contribution is -2.30. The number of anilines is 1. The second-order valence-corrected chi connectivity index (χ2v) is 5.83. The van der Waals surface area contributed by atoms with E-state index in [2.05, 4.69) is 31.3 Å². The molecule has 0 aromatic heterocycles. The van der Waals surface area contributed by atoms with E-state index in [1.807, 2.05) is 24.3 Å². The molecule has 2 aromatic rings. The third kappa shape index (κ3) is 4.51. The molecule has 0 saturated heterocycles. The van der Waals surface area contributed by atoms with Crippen LogP contribution in [-0.4, -0.2) is 19.1 Å². The van der Waals surface area contributed by atoms with E-state index in [4.69, 9.17) is 9.47 Å². The molecular formula is C20H25NO3. The summed E-state index contributed by atoms with van der Waals surface area (Å²) in [5.41, 5.74) is 2.04. The molecule has 4 heteroatoms. The number of para-hydroxylation sites is 2. The maximum absolute atomic E-state index is 12.3. The Morgan fingerprint density at radius 2 is 1.67 bits per heavy atom. The summed E-state index contributed by atoms with van der Waals surface area (Å²) in [6.45, 7) is 6.07. The maximum atomic E-state index is 12.3. The van der Waals surface area contributed by atoms with Crippen LogP contribution in [0.15, 0.2) is 48.5 Å². The average molecular weight is 327 g/mol. The van der Waals surface area contributed by atoms with Crippen LogP contribution in [0.25, 0.3) is 0 Å². The van der Waals surface area contributed by atoms with Crippen LogP contribution in [0.4, 0.5) is 5.69 Å². The number of ether oxygens (including phenoxy) is 2. The molecular weight excluding hydrogens is 302 g/mol. The summed E-state index contributed by atoms with van der Waals surface area (Å²) in [7, 11) is 1.58. The highest BCUT2D eigenvalue weighted by Gasteiger charge is 2.17. The minimum absolute atomic E-state index is 0.197. The van der Waals surface area contributed by atoms with Crippen molar-refractivity contribution in [3.05, 3.63) is 54.1 Å². The predicted molar refractivity (Wildman–Crippen MR) is 96.9 cm³/mol. The molecule has 0 saturated carbocycles. The van der Waals surface area contributed by atoms with Crippen LogP contribution in [0.3, 0.4) is 0 Å². The van der Waals surface area contributed by atoms with Crippen LogP contribution < -0.4 is 14.8 Å². The standard InChI is InChI=1S/C20H25NO3/c1-5-14(2)16-10-12-17(13-11-16)21-20(22)15(3)24-19-9-7-6-8-18(19)23-4/h6-15H,5H2,1-4H3,(H,21,22)/t14-,15+/m0/s1. The number of carbonyl (C=O) groups excluding carboxylic acids is 1.